The molecule has 1 saturated heterocycles. The Kier molecular flexibility index (Phi) is 5.35. The van der Waals surface area contributed by atoms with Gasteiger partial charge in [-0.05, 0) is 19.4 Å². The van der Waals surface area contributed by atoms with E-state index in [0.29, 0.717) is 6.04 Å². The third-order valence-electron chi connectivity index (χ3n) is 3.93. The van der Waals surface area contributed by atoms with Gasteiger partial charge in [0.25, 0.3) is 0 Å². The van der Waals surface area contributed by atoms with Crippen molar-refractivity contribution in [2.24, 2.45) is 0 Å². The Morgan fingerprint density at radius 1 is 1.35 bits per heavy atom. The van der Waals surface area contributed by atoms with E-state index in [-0.39, 0.29) is 5.54 Å². The minimum absolute atomic E-state index is 0.124. The first kappa shape index (κ1) is 15.7. The standard InChI is InChI=1S/C16H26N2OS/c1-4-20(19)11-10-18-13-16(2,3)17-12-15(18)14-8-6-5-7-9-14/h5-9,15,17H,4,10-13H2,1-3H3. The molecule has 0 saturated carbocycles. The third-order valence-corrected chi connectivity index (χ3v) is 5.21. The van der Waals surface area contributed by atoms with E-state index in [1.165, 1.54) is 5.56 Å². The Labute approximate surface area is 125 Å². The summed E-state index contributed by atoms with van der Waals surface area (Å²) < 4.78 is 11.7. The van der Waals surface area contributed by atoms with Crippen LogP contribution >= 0.6 is 0 Å². The van der Waals surface area contributed by atoms with Gasteiger partial charge in [0.15, 0.2) is 0 Å². The molecular formula is C16H26N2OS. The first-order chi connectivity index (χ1) is 9.52. The highest BCUT2D eigenvalue weighted by molar-refractivity contribution is 7.84. The first-order valence-corrected chi connectivity index (χ1v) is 8.89. The summed E-state index contributed by atoms with van der Waals surface area (Å²) in [7, 11) is -0.687. The molecule has 0 spiro atoms. The van der Waals surface area contributed by atoms with Crippen molar-refractivity contribution < 1.29 is 4.21 Å². The molecule has 112 valence electrons. The zero-order valence-corrected chi connectivity index (χ0v) is 13.6. The highest BCUT2D eigenvalue weighted by Gasteiger charge is 2.32. The van der Waals surface area contributed by atoms with Crippen molar-refractivity contribution in [3.05, 3.63) is 35.9 Å². The minimum Gasteiger partial charge on any atom is -0.309 e. The molecule has 4 heteroatoms. The highest BCUT2D eigenvalue weighted by atomic mass is 32.2. The lowest BCUT2D eigenvalue weighted by Gasteiger charge is -2.44. The maximum Gasteiger partial charge on any atom is 0.0474 e. The molecule has 1 N–H and O–H groups in total. The van der Waals surface area contributed by atoms with Crippen LogP contribution in [0.2, 0.25) is 0 Å². The smallest absolute Gasteiger partial charge is 0.0474 e. The zero-order valence-electron chi connectivity index (χ0n) is 12.8. The van der Waals surface area contributed by atoms with Crippen molar-refractivity contribution in [3.63, 3.8) is 0 Å². The van der Waals surface area contributed by atoms with E-state index in [0.717, 1.165) is 31.1 Å². The average Bonchev–Trinajstić information content (AvgIpc) is 2.45. The molecule has 1 aromatic rings. The second-order valence-electron chi connectivity index (χ2n) is 6.09. The Bertz CT molecular complexity index is 447. The summed E-state index contributed by atoms with van der Waals surface area (Å²) in [6.07, 6.45) is 0. The van der Waals surface area contributed by atoms with Crippen LogP contribution in [0.5, 0.6) is 0 Å². The van der Waals surface area contributed by atoms with Gasteiger partial charge in [-0.3, -0.25) is 9.11 Å². The molecular weight excluding hydrogens is 268 g/mol. The van der Waals surface area contributed by atoms with Crippen LogP contribution in [0.15, 0.2) is 30.3 Å². The van der Waals surface area contributed by atoms with Crippen molar-refractivity contribution in [1.82, 2.24) is 10.2 Å². The fourth-order valence-electron chi connectivity index (χ4n) is 2.78. The van der Waals surface area contributed by atoms with Crippen molar-refractivity contribution in [3.8, 4) is 0 Å². The van der Waals surface area contributed by atoms with E-state index >= 15 is 0 Å². The van der Waals surface area contributed by atoms with Crippen LogP contribution in [0.1, 0.15) is 32.4 Å². The lowest BCUT2D eigenvalue weighted by molar-refractivity contribution is 0.102. The van der Waals surface area contributed by atoms with Crippen molar-refractivity contribution in [1.29, 1.82) is 0 Å². The summed E-state index contributed by atoms with van der Waals surface area (Å²) >= 11 is 0. The van der Waals surface area contributed by atoms with Crippen molar-refractivity contribution in [2.45, 2.75) is 32.4 Å². The lowest BCUT2D eigenvalue weighted by atomic mass is 9.95. The van der Waals surface area contributed by atoms with Gasteiger partial charge >= 0.3 is 0 Å². The summed E-state index contributed by atoms with van der Waals surface area (Å²) in [5.74, 6) is 1.53. The van der Waals surface area contributed by atoms with Crippen LogP contribution in [-0.4, -0.2) is 45.8 Å². The second-order valence-corrected chi connectivity index (χ2v) is 7.96. The number of rotatable bonds is 5. The number of nitrogens with zero attached hydrogens (tertiary/aromatic N) is 1. The number of benzene rings is 1. The fourth-order valence-corrected chi connectivity index (χ4v) is 3.50. The van der Waals surface area contributed by atoms with Crippen LogP contribution in [0, 0.1) is 0 Å². The maximum absolute atomic E-state index is 11.7. The number of piperazine rings is 1. The molecule has 0 aliphatic carbocycles. The van der Waals surface area contributed by atoms with Gasteiger partial charge < -0.3 is 5.32 Å². The molecule has 2 atom stereocenters. The van der Waals surface area contributed by atoms with Gasteiger partial charge in [-0.25, -0.2) is 0 Å². The molecule has 0 aromatic heterocycles. The van der Waals surface area contributed by atoms with E-state index in [9.17, 15) is 4.21 Å². The topological polar surface area (TPSA) is 32.3 Å². The highest BCUT2D eigenvalue weighted by Crippen LogP contribution is 2.26. The molecule has 2 unspecified atom stereocenters. The Morgan fingerprint density at radius 3 is 2.70 bits per heavy atom. The van der Waals surface area contributed by atoms with Crippen molar-refractivity contribution in [2.75, 3.05) is 31.1 Å². The van der Waals surface area contributed by atoms with Crippen LogP contribution in [0.25, 0.3) is 0 Å². The monoisotopic (exact) mass is 294 g/mol. The van der Waals surface area contributed by atoms with E-state index in [1.54, 1.807) is 0 Å². The predicted octanol–water partition coefficient (Wildman–Crippen LogP) is 2.18. The van der Waals surface area contributed by atoms with E-state index in [4.69, 9.17) is 0 Å². The van der Waals surface area contributed by atoms with Crippen LogP contribution in [-0.2, 0) is 10.8 Å². The summed E-state index contributed by atoms with van der Waals surface area (Å²) in [4.78, 5) is 2.49. The van der Waals surface area contributed by atoms with Gasteiger partial charge in [-0.15, -0.1) is 0 Å². The average molecular weight is 294 g/mol. The summed E-state index contributed by atoms with van der Waals surface area (Å²) in [6, 6.07) is 11.0. The third kappa shape index (κ3) is 4.14. The quantitative estimate of drug-likeness (QED) is 0.903. The number of hydrogen-bond donors (Lipinski definition) is 1. The molecule has 1 aliphatic heterocycles. The second kappa shape index (κ2) is 6.83. The molecule has 1 heterocycles. The molecule has 0 radical (unpaired) electrons. The van der Waals surface area contributed by atoms with Gasteiger partial charge in [-0.1, -0.05) is 37.3 Å². The number of nitrogens with one attached hydrogen (secondary N) is 1. The largest absolute Gasteiger partial charge is 0.309 e. The predicted molar refractivity (Wildman–Crippen MR) is 86.4 cm³/mol. The van der Waals surface area contributed by atoms with E-state index in [1.807, 2.05) is 6.92 Å². The SMILES string of the molecule is CCS(=O)CCN1CC(C)(C)NCC1c1ccccc1. The van der Waals surface area contributed by atoms with E-state index in [2.05, 4.69) is 54.4 Å². The van der Waals surface area contributed by atoms with Crippen LogP contribution in [0.3, 0.4) is 0 Å². The van der Waals surface area contributed by atoms with Gasteiger partial charge in [-0.2, -0.15) is 0 Å². The Morgan fingerprint density at radius 2 is 2.05 bits per heavy atom. The summed E-state index contributed by atoms with van der Waals surface area (Å²) in [6.45, 7) is 9.32. The molecule has 1 aliphatic rings. The fraction of sp³-hybridized carbons (Fsp3) is 0.625. The van der Waals surface area contributed by atoms with Gasteiger partial charge in [0.2, 0.25) is 0 Å². The summed E-state index contributed by atoms with van der Waals surface area (Å²) in [5.41, 5.74) is 1.47. The Balaban J connectivity index is 2.10. The van der Waals surface area contributed by atoms with Crippen LogP contribution < -0.4 is 5.32 Å². The normalized spacial score (nSPS) is 24.4. The Hall–Kier alpha value is -0.710. The maximum atomic E-state index is 11.7. The molecule has 0 amide bonds. The minimum atomic E-state index is -0.687. The zero-order chi connectivity index (χ0) is 14.6. The molecule has 1 fully saturated rings. The van der Waals surface area contributed by atoms with E-state index < -0.39 is 10.8 Å². The van der Waals surface area contributed by atoms with Gasteiger partial charge in [0.1, 0.15) is 0 Å². The summed E-state index contributed by atoms with van der Waals surface area (Å²) in [5, 5.41) is 3.62. The first-order valence-electron chi connectivity index (χ1n) is 7.41. The molecule has 0 bridgehead atoms. The van der Waals surface area contributed by atoms with Gasteiger partial charge in [0, 0.05) is 53.5 Å². The van der Waals surface area contributed by atoms with Gasteiger partial charge in [0.05, 0.1) is 0 Å². The molecule has 20 heavy (non-hydrogen) atoms. The molecule has 1 aromatic carbocycles. The van der Waals surface area contributed by atoms with Crippen molar-refractivity contribution >= 4 is 10.8 Å². The lowest BCUT2D eigenvalue weighted by Crippen LogP contribution is -2.58. The molecule has 3 nitrogen and oxygen atoms in total. The van der Waals surface area contributed by atoms with Crippen LogP contribution in [0.4, 0.5) is 0 Å². The molecule has 2 rings (SSSR count). The number of hydrogen-bond acceptors (Lipinski definition) is 3.